The second-order valence-corrected chi connectivity index (χ2v) is 8.01. The number of nitrogens with zero attached hydrogens (tertiary/aromatic N) is 1. The molecule has 1 aromatic heterocycles. The molecule has 126 valence electrons. The Labute approximate surface area is 159 Å². The van der Waals surface area contributed by atoms with Crippen LogP contribution < -0.4 is 9.64 Å². The SMILES string of the molecule is Cc1cccc2c1-c1sc(C(=O)N(C)c3ccc(Br)cc3)cc1CO2. The van der Waals surface area contributed by atoms with Crippen LogP contribution in [0.15, 0.2) is 53.0 Å². The highest BCUT2D eigenvalue weighted by Gasteiger charge is 2.25. The summed E-state index contributed by atoms with van der Waals surface area (Å²) in [5, 5.41) is 0. The van der Waals surface area contributed by atoms with Gasteiger partial charge in [-0.1, -0.05) is 28.1 Å². The Balaban J connectivity index is 1.71. The largest absolute Gasteiger partial charge is 0.488 e. The van der Waals surface area contributed by atoms with Gasteiger partial charge in [-0.2, -0.15) is 0 Å². The molecule has 2 heterocycles. The van der Waals surface area contributed by atoms with Crippen molar-refractivity contribution in [3.05, 3.63) is 69.0 Å². The van der Waals surface area contributed by atoms with Gasteiger partial charge in [0, 0.05) is 33.2 Å². The molecule has 0 N–H and O–H groups in total. The molecule has 0 saturated carbocycles. The van der Waals surface area contributed by atoms with Gasteiger partial charge < -0.3 is 9.64 Å². The van der Waals surface area contributed by atoms with Gasteiger partial charge >= 0.3 is 0 Å². The summed E-state index contributed by atoms with van der Waals surface area (Å²) in [4.78, 5) is 16.5. The van der Waals surface area contributed by atoms with Crippen molar-refractivity contribution < 1.29 is 9.53 Å². The number of carbonyl (C=O) groups excluding carboxylic acids is 1. The number of halogens is 1. The highest BCUT2D eigenvalue weighted by atomic mass is 79.9. The standard InChI is InChI=1S/C20H16BrNO2S/c1-12-4-3-5-16-18(12)19-13(11-24-16)10-17(25-19)20(23)22(2)15-8-6-14(21)7-9-15/h3-10H,11H2,1-2H3. The second-order valence-electron chi connectivity index (χ2n) is 6.04. The molecule has 0 fully saturated rings. The van der Waals surface area contributed by atoms with Crippen LogP contribution in [0.3, 0.4) is 0 Å². The number of hydrogen-bond acceptors (Lipinski definition) is 3. The second kappa shape index (κ2) is 6.32. The Bertz CT molecular complexity index is 962. The van der Waals surface area contributed by atoms with Gasteiger partial charge in [-0.15, -0.1) is 11.3 Å². The van der Waals surface area contributed by atoms with E-state index < -0.39 is 0 Å². The van der Waals surface area contributed by atoms with Crippen molar-refractivity contribution in [2.24, 2.45) is 0 Å². The van der Waals surface area contributed by atoms with Gasteiger partial charge in [-0.25, -0.2) is 0 Å². The maximum atomic E-state index is 12.9. The Morgan fingerprint density at radius 2 is 1.96 bits per heavy atom. The van der Waals surface area contributed by atoms with Crippen molar-refractivity contribution in [1.82, 2.24) is 0 Å². The Morgan fingerprint density at radius 3 is 2.72 bits per heavy atom. The van der Waals surface area contributed by atoms with Crippen LogP contribution in [-0.2, 0) is 6.61 Å². The number of aryl methyl sites for hydroxylation is 1. The third-order valence-electron chi connectivity index (χ3n) is 4.38. The van der Waals surface area contributed by atoms with Gasteiger partial charge in [-0.3, -0.25) is 4.79 Å². The summed E-state index contributed by atoms with van der Waals surface area (Å²) in [5.74, 6) is 0.895. The van der Waals surface area contributed by atoms with Crippen LogP contribution in [0.25, 0.3) is 10.4 Å². The molecular weight excluding hydrogens is 398 g/mol. The van der Waals surface area contributed by atoms with Gasteiger partial charge in [-0.05, 0) is 48.9 Å². The summed E-state index contributed by atoms with van der Waals surface area (Å²) < 4.78 is 6.85. The molecule has 4 rings (SSSR count). The minimum absolute atomic E-state index is 0.00291. The summed E-state index contributed by atoms with van der Waals surface area (Å²) in [6, 6.07) is 15.8. The van der Waals surface area contributed by atoms with Crippen LogP contribution in [0.4, 0.5) is 5.69 Å². The zero-order valence-electron chi connectivity index (χ0n) is 13.9. The minimum atomic E-state index is -0.00291. The normalized spacial score (nSPS) is 12.1. The third kappa shape index (κ3) is 2.87. The van der Waals surface area contributed by atoms with Crippen LogP contribution in [0, 0.1) is 6.92 Å². The Morgan fingerprint density at radius 1 is 1.20 bits per heavy atom. The fourth-order valence-electron chi connectivity index (χ4n) is 3.01. The number of amides is 1. The molecule has 25 heavy (non-hydrogen) atoms. The monoisotopic (exact) mass is 413 g/mol. The molecule has 0 saturated heterocycles. The Hall–Kier alpha value is -2.11. The zero-order valence-corrected chi connectivity index (χ0v) is 16.3. The molecule has 0 aliphatic carbocycles. The molecule has 1 aliphatic rings. The highest BCUT2D eigenvalue weighted by molar-refractivity contribution is 9.10. The summed E-state index contributed by atoms with van der Waals surface area (Å²) in [6.45, 7) is 2.59. The fourth-order valence-corrected chi connectivity index (χ4v) is 4.53. The van der Waals surface area contributed by atoms with Crippen LogP contribution in [0.5, 0.6) is 5.75 Å². The molecular formula is C20H16BrNO2S. The zero-order chi connectivity index (χ0) is 17.6. The van der Waals surface area contributed by atoms with Crippen LogP contribution in [0.1, 0.15) is 20.8 Å². The van der Waals surface area contributed by atoms with E-state index in [9.17, 15) is 4.79 Å². The van der Waals surface area contributed by atoms with E-state index in [1.165, 1.54) is 5.56 Å². The fraction of sp³-hybridized carbons (Fsp3) is 0.150. The average molecular weight is 414 g/mol. The molecule has 1 amide bonds. The summed E-state index contributed by atoms with van der Waals surface area (Å²) in [7, 11) is 1.81. The number of rotatable bonds is 2. The van der Waals surface area contributed by atoms with E-state index >= 15 is 0 Å². The topological polar surface area (TPSA) is 29.5 Å². The molecule has 0 spiro atoms. The number of ether oxygens (including phenoxy) is 1. The lowest BCUT2D eigenvalue weighted by atomic mass is 10.0. The van der Waals surface area contributed by atoms with Gasteiger partial charge in [0.2, 0.25) is 0 Å². The molecule has 0 radical (unpaired) electrons. The van der Waals surface area contributed by atoms with E-state index in [0.29, 0.717) is 6.61 Å². The van der Waals surface area contributed by atoms with Crippen LogP contribution in [0.2, 0.25) is 0 Å². The first-order valence-electron chi connectivity index (χ1n) is 7.93. The first-order chi connectivity index (χ1) is 12.0. The lowest BCUT2D eigenvalue weighted by Gasteiger charge is -2.19. The first kappa shape index (κ1) is 16.4. The van der Waals surface area contributed by atoms with E-state index in [2.05, 4.69) is 28.9 Å². The van der Waals surface area contributed by atoms with Gasteiger partial charge in [0.1, 0.15) is 12.4 Å². The smallest absolute Gasteiger partial charge is 0.268 e. The lowest BCUT2D eigenvalue weighted by molar-refractivity contribution is 0.0997. The summed E-state index contributed by atoms with van der Waals surface area (Å²) in [6.07, 6.45) is 0. The van der Waals surface area contributed by atoms with Crippen molar-refractivity contribution in [3.8, 4) is 16.2 Å². The van der Waals surface area contributed by atoms with Crippen molar-refractivity contribution in [3.63, 3.8) is 0 Å². The predicted octanol–water partition coefficient (Wildman–Crippen LogP) is 5.66. The number of anilines is 1. The number of fused-ring (bicyclic) bond motifs is 3. The molecule has 0 atom stereocenters. The minimum Gasteiger partial charge on any atom is -0.488 e. The quantitative estimate of drug-likeness (QED) is 0.542. The van der Waals surface area contributed by atoms with Gasteiger partial charge in [0.25, 0.3) is 5.91 Å². The molecule has 3 aromatic rings. The van der Waals surface area contributed by atoms with Crippen LogP contribution >= 0.6 is 27.3 Å². The van der Waals surface area contributed by atoms with E-state index in [1.54, 1.807) is 23.3 Å². The number of carbonyl (C=O) groups is 1. The van der Waals surface area contributed by atoms with Crippen molar-refractivity contribution in [2.75, 3.05) is 11.9 Å². The Kier molecular flexibility index (Phi) is 4.13. The maximum absolute atomic E-state index is 12.9. The first-order valence-corrected chi connectivity index (χ1v) is 9.54. The van der Waals surface area contributed by atoms with Gasteiger partial charge in [0.05, 0.1) is 4.88 Å². The van der Waals surface area contributed by atoms with E-state index in [0.717, 1.165) is 36.8 Å². The molecule has 5 heteroatoms. The van der Waals surface area contributed by atoms with Crippen molar-refractivity contribution in [2.45, 2.75) is 13.5 Å². The number of benzene rings is 2. The molecule has 0 unspecified atom stereocenters. The summed E-state index contributed by atoms with van der Waals surface area (Å²) >= 11 is 4.97. The lowest BCUT2D eigenvalue weighted by Crippen LogP contribution is -2.25. The predicted molar refractivity (Wildman–Crippen MR) is 106 cm³/mol. The van der Waals surface area contributed by atoms with Crippen molar-refractivity contribution in [1.29, 1.82) is 0 Å². The third-order valence-corrected chi connectivity index (χ3v) is 6.09. The van der Waals surface area contributed by atoms with Crippen molar-refractivity contribution >= 4 is 38.9 Å². The summed E-state index contributed by atoms with van der Waals surface area (Å²) in [5.41, 5.74) is 4.23. The molecule has 0 bridgehead atoms. The molecule has 1 aliphatic heterocycles. The average Bonchev–Trinajstić information content (AvgIpc) is 3.05. The van der Waals surface area contributed by atoms with E-state index in [-0.39, 0.29) is 5.91 Å². The van der Waals surface area contributed by atoms with E-state index in [1.807, 2.05) is 42.5 Å². The van der Waals surface area contributed by atoms with Crippen LogP contribution in [-0.4, -0.2) is 13.0 Å². The highest BCUT2D eigenvalue weighted by Crippen LogP contribution is 2.44. The molecule has 3 nitrogen and oxygen atoms in total. The number of thiophene rings is 1. The number of hydrogen-bond donors (Lipinski definition) is 0. The molecule has 2 aromatic carbocycles. The van der Waals surface area contributed by atoms with Gasteiger partial charge in [0.15, 0.2) is 0 Å². The maximum Gasteiger partial charge on any atom is 0.268 e. The van der Waals surface area contributed by atoms with E-state index in [4.69, 9.17) is 4.74 Å².